The minimum Gasteiger partial charge on any atom is -0.345 e. The van der Waals surface area contributed by atoms with Crippen LogP contribution in [0.25, 0.3) is 0 Å². The van der Waals surface area contributed by atoms with Crippen molar-refractivity contribution in [1.82, 2.24) is 15.3 Å². The molecule has 0 saturated heterocycles. The lowest BCUT2D eigenvalue weighted by Gasteiger charge is -2.15. The molecule has 78 valence electrons. The molecule has 0 fully saturated rings. The molecule has 3 nitrogen and oxygen atoms in total. The van der Waals surface area contributed by atoms with Crippen molar-refractivity contribution < 1.29 is 0 Å². The summed E-state index contributed by atoms with van der Waals surface area (Å²) in [5, 5.41) is 3.29. The van der Waals surface area contributed by atoms with Gasteiger partial charge < -0.3 is 10.3 Å². The number of nitrogens with one attached hydrogen (secondary N) is 2. The van der Waals surface area contributed by atoms with Gasteiger partial charge in [-0.3, -0.25) is 0 Å². The molecule has 1 aromatic heterocycles. The summed E-state index contributed by atoms with van der Waals surface area (Å²) < 4.78 is 0. The number of rotatable bonds is 3. The van der Waals surface area contributed by atoms with E-state index in [0.717, 1.165) is 31.3 Å². The largest absolute Gasteiger partial charge is 0.345 e. The third-order valence-corrected chi connectivity index (χ3v) is 2.88. The van der Waals surface area contributed by atoms with E-state index in [2.05, 4.69) is 29.1 Å². The lowest BCUT2D eigenvalue weighted by Crippen LogP contribution is -2.12. The Bertz CT molecular complexity index is 303. The van der Waals surface area contributed by atoms with E-state index in [1.807, 2.05) is 0 Å². The molecule has 1 aromatic rings. The van der Waals surface area contributed by atoms with Gasteiger partial charge in [-0.2, -0.15) is 0 Å². The summed E-state index contributed by atoms with van der Waals surface area (Å²) in [7, 11) is 0. The number of H-pyrrole nitrogens is 1. The molecule has 0 spiro atoms. The third kappa shape index (κ3) is 1.98. The van der Waals surface area contributed by atoms with Crippen molar-refractivity contribution in [2.75, 3.05) is 6.54 Å². The molecule has 0 saturated carbocycles. The molecule has 1 unspecified atom stereocenters. The predicted molar refractivity (Wildman–Crippen MR) is 57.2 cm³/mol. The molecule has 1 atom stereocenters. The molecule has 2 N–H and O–H groups in total. The number of hydrogen-bond donors (Lipinski definition) is 2. The van der Waals surface area contributed by atoms with Gasteiger partial charge in [0.15, 0.2) is 0 Å². The van der Waals surface area contributed by atoms with Crippen LogP contribution in [0.5, 0.6) is 0 Å². The molecule has 14 heavy (non-hydrogen) atoms. The number of aromatic nitrogens is 2. The highest BCUT2D eigenvalue weighted by molar-refractivity contribution is 5.18. The van der Waals surface area contributed by atoms with Crippen LogP contribution in [-0.2, 0) is 19.4 Å². The maximum absolute atomic E-state index is 4.60. The Balaban J connectivity index is 2.07. The maximum atomic E-state index is 4.60. The summed E-state index contributed by atoms with van der Waals surface area (Å²) in [4.78, 5) is 8.03. The number of hydrogen-bond acceptors (Lipinski definition) is 2. The molecule has 3 heteroatoms. The Labute approximate surface area is 85.3 Å². The molecule has 0 bridgehead atoms. The number of aromatic amines is 1. The van der Waals surface area contributed by atoms with E-state index in [4.69, 9.17) is 0 Å². The van der Waals surface area contributed by atoms with Crippen molar-refractivity contribution in [1.29, 1.82) is 0 Å². The molecule has 0 aliphatic heterocycles. The zero-order chi connectivity index (χ0) is 9.97. The van der Waals surface area contributed by atoms with E-state index < -0.39 is 0 Å². The maximum Gasteiger partial charge on any atom is 0.120 e. The highest BCUT2D eigenvalue weighted by atomic mass is 15.0. The van der Waals surface area contributed by atoms with Gasteiger partial charge in [0, 0.05) is 5.69 Å². The van der Waals surface area contributed by atoms with Gasteiger partial charge in [0.2, 0.25) is 0 Å². The van der Waals surface area contributed by atoms with Gasteiger partial charge >= 0.3 is 0 Å². The molecule has 1 aliphatic carbocycles. The first-order chi connectivity index (χ1) is 6.79. The standard InChI is InChI=1S/C11H19N3/c1-3-12-7-11-13-9-5-4-8(2)6-10(9)14-11/h8,12H,3-7H2,1-2H3,(H,13,14). The number of fused-ring (bicyclic) bond motifs is 1. The van der Waals surface area contributed by atoms with Gasteiger partial charge in [-0.05, 0) is 31.7 Å². The van der Waals surface area contributed by atoms with Gasteiger partial charge in [-0.15, -0.1) is 0 Å². The lowest BCUT2D eigenvalue weighted by molar-refractivity contribution is 0.492. The van der Waals surface area contributed by atoms with Crippen molar-refractivity contribution in [3.8, 4) is 0 Å². The van der Waals surface area contributed by atoms with Crippen LogP contribution in [0.2, 0.25) is 0 Å². The first-order valence-electron chi connectivity index (χ1n) is 5.57. The average molecular weight is 193 g/mol. The van der Waals surface area contributed by atoms with Crippen molar-refractivity contribution >= 4 is 0 Å². The molecule has 2 rings (SSSR count). The van der Waals surface area contributed by atoms with Crippen LogP contribution in [0.15, 0.2) is 0 Å². The van der Waals surface area contributed by atoms with Gasteiger partial charge in [0.05, 0.1) is 12.2 Å². The van der Waals surface area contributed by atoms with Crippen LogP contribution in [-0.4, -0.2) is 16.5 Å². The monoisotopic (exact) mass is 193 g/mol. The SMILES string of the molecule is CCNCc1nc2c([nH]1)CC(C)CC2. The summed E-state index contributed by atoms with van der Waals surface area (Å²) in [6, 6.07) is 0. The second kappa shape index (κ2) is 4.13. The fourth-order valence-electron chi connectivity index (χ4n) is 2.04. The Hall–Kier alpha value is -0.830. The van der Waals surface area contributed by atoms with E-state index in [1.54, 1.807) is 0 Å². The minimum absolute atomic E-state index is 0.815. The van der Waals surface area contributed by atoms with Crippen LogP contribution in [0, 0.1) is 5.92 Å². The minimum atomic E-state index is 0.815. The summed E-state index contributed by atoms with van der Waals surface area (Å²) >= 11 is 0. The topological polar surface area (TPSA) is 40.7 Å². The van der Waals surface area contributed by atoms with E-state index in [-0.39, 0.29) is 0 Å². The Morgan fingerprint density at radius 3 is 3.21 bits per heavy atom. The van der Waals surface area contributed by atoms with E-state index in [1.165, 1.54) is 24.2 Å². The summed E-state index contributed by atoms with van der Waals surface area (Å²) in [6.07, 6.45) is 3.62. The highest BCUT2D eigenvalue weighted by Crippen LogP contribution is 2.23. The first-order valence-corrected chi connectivity index (χ1v) is 5.57. The van der Waals surface area contributed by atoms with Crippen LogP contribution < -0.4 is 5.32 Å². The Kier molecular flexibility index (Phi) is 2.87. The second-order valence-electron chi connectivity index (χ2n) is 4.24. The van der Waals surface area contributed by atoms with Crippen molar-refractivity contribution in [2.24, 2.45) is 5.92 Å². The quantitative estimate of drug-likeness (QED) is 0.766. The number of aryl methyl sites for hydroxylation is 1. The summed E-state index contributed by atoms with van der Waals surface area (Å²) in [6.45, 7) is 6.30. The zero-order valence-corrected chi connectivity index (χ0v) is 9.06. The molecule has 0 amide bonds. The third-order valence-electron chi connectivity index (χ3n) is 2.88. The molecule has 1 aliphatic rings. The van der Waals surface area contributed by atoms with Crippen LogP contribution in [0.3, 0.4) is 0 Å². The molecule has 0 aromatic carbocycles. The Morgan fingerprint density at radius 2 is 2.43 bits per heavy atom. The van der Waals surface area contributed by atoms with Crippen molar-refractivity contribution in [3.05, 3.63) is 17.2 Å². The number of imidazole rings is 1. The Morgan fingerprint density at radius 1 is 1.57 bits per heavy atom. The van der Waals surface area contributed by atoms with E-state index in [9.17, 15) is 0 Å². The van der Waals surface area contributed by atoms with Crippen molar-refractivity contribution in [3.63, 3.8) is 0 Å². The fraction of sp³-hybridized carbons (Fsp3) is 0.727. The molecular formula is C11H19N3. The van der Waals surface area contributed by atoms with Gasteiger partial charge in [0.25, 0.3) is 0 Å². The highest BCUT2D eigenvalue weighted by Gasteiger charge is 2.18. The van der Waals surface area contributed by atoms with E-state index >= 15 is 0 Å². The molecular weight excluding hydrogens is 174 g/mol. The molecule has 1 heterocycles. The van der Waals surface area contributed by atoms with Gasteiger partial charge in [-0.1, -0.05) is 13.8 Å². The molecule has 0 radical (unpaired) electrons. The van der Waals surface area contributed by atoms with Crippen LogP contribution >= 0.6 is 0 Å². The summed E-state index contributed by atoms with van der Waals surface area (Å²) in [5.74, 6) is 1.92. The average Bonchev–Trinajstić information content (AvgIpc) is 2.56. The van der Waals surface area contributed by atoms with Crippen LogP contribution in [0.1, 0.15) is 37.5 Å². The smallest absolute Gasteiger partial charge is 0.120 e. The van der Waals surface area contributed by atoms with Gasteiger partial charge in [0.1, 0.15) is 5.82 Å². The van der Waals surface area contributed by atoms with Gasteiger partial charge in [-0.25, -0.2) is 4.98 Å². The van der Waals surface area contributed by atoms with E-state index in [0.29, 0.717) is 0 Å². The first kappa shape index (κ1) is 9.71. The summed E-state index contributed by atoms with van der Waals surface area (Å²) in [5.41, 5.74) is 2.67. The predicted octanol–water partition coefficient (Wildman–Crippen LogP) is 1.64. The number of nitrogens with zero attached hydrogens (tertiary/aromatic N) is 1. The zero-order valence-electron chi connectivity index (χ0n) is 9.06. The van der Waals surface area contributed by atoms with Crippen molar-refractivity contribution in [2.45, 2.75) is 39.7 Å². The van der Waals surface area contributed by atoms with Crippen LogP contribution in [0.4, 0.5) is 0 Å². The second-order valence-corrected chi connectivity index (χ2v) is 4.24. The normalized spacial score (nSPS) is 20.9. The fourth-order valence-corrected chi connectivity index (χ4v) is 2.04. The lowest BCUT2D eigenvalue weighted by atomic mass is 9.92.